The zero-order valence-electron chi connectivity index (χ0n) is 9.59. The summed E-state index contributed by atoms with van der Waals surface area (Å²) in [7, 11) is -3.63. The van der Waals surface area contributed by atoms with Crippen LogP contribution in [0.4, 0.5) is 0 Å². The minimum absolute atomic E-state index is 0.144. The summed E-state index contributed by atoms with van der Waals surface area (Å²) < 4.78 is 25.6. The minimum Gasteiger partial charge on any atom is -0.207 e. The van der Waals surface area contributed by atoms with Crippen molar-refractivity contribution in [3.8, 4) is 6.07 Å². The summed E-state index contributed by atoms with van der Waals surface area (Å²) in [4.78, 5) is 0.144. The fourth-order valence-corrected chi connectivity index (χ4v) is 3.02. The molecule has 1 aromatic carbocycles. The molecule has 0 amide bonds. The van der Waals surface area contributed by atoms with Crippen LogP contribution in [-0.2, 0) is 10.0 Å². The molecule has 0 fully saturated rings. The Hall–Kier alpha value is -1.09. The Kier molecular flexibility index (Phi) is 4.52. The lowest BCUT2D eigenvalue weighted by molar-refractivity contribution is 0.385. The molecule has 17 heavy (non-hydrogen) atoms. The van der Waals surface area contributed by atoms with E-state index in [4.69, 9.17) is 16.9 Å². The van der Waals surface area contributed by atoms with Crippen LogP contribution in [-0.4, -0.2) is 25.3 Å². The van der Waals surface area contributed by atoms with Crippen LogP contribution >= 0.6 is 11.6 Å². The molecule has 0 aliphatic heterocycles. The van der Waals surface area contributed by atoms with Gasteiger partial charge in [-0.25, -0.2) is 8.42 Å². The van der Waals surface area contributed by atoms with Gasteiger partial charge in [0.2, 0.25) is 10.0 Å². The second-order valence-corrected chi connectivity index (χ2v) is 6.08. The topological polar surface area (TPSA) is 61.2 Å². The third kappa shape index (κ3) is 3.19. The molecule has 1 aromatic rings. The van der Waals surface area contributed by atoms with Gasteiger partial charge in [-0.1, -0.05) is 11.6 Å². The Bertz CT molecular complexity index is 517. The maximum Gasteiger partial charge on any atom is 0.244 e. The van der Waals surface area contributed by atoms with Gasteiger partial charge in [-0.05, 0) is 38.1 Å². The molecular formula is C11H13ClN2O2S. The molecule has 0 heterocycles. The predicted octanol–water partition coefficient (Wildman–Crippen LogP) is 2.26. The zero-order valence-corrected chi connectivity index (χ0v) is 11.2. The Labute approximate surface area is 106 Å². The van der Waals surface area contributed by atoms with E-state index in [-0.39, 0.29) is 17.5 Å². The van der Waals surface area contributed by atoms with E-state index in [1.807, 2.05) is 6.07 Å². The van der Waals surface area contributed by atoms with Gasteiger partial charge in [0, 0.05) is 11.1 Å². The van der Waals surface area contributed by atoms with Gasteiger partial charge in [0.15, 0.2) is 0 Å². The number of nitriles is 1. The van der Waals surface area contributed by atoms with Gasteiger partial charge in [-0.2, -0.15) is 9.57 Å². The van der Waals surface area contributed by atoms with Crippen molar-refractivity contribution in [2.24, 2.45) is 0 Å². The first kappa shape index (κ1) is 14.0. The highest BCUT2D eigenvalue weighted by Gasteiger charge is 2.26. The lowest BCUT2D eigenvalue weighted by atomic mass is 10.4. The van der Waals surface area contributed by atoms with Crippen LogP contribution in [0.2, 0.25) is 5.02 Å². The monoisotopic (exact) mass is 272 g/mol. The number of hydrogen-bond donors (Lipinski definition) is 0. The van der Waals surface area contributed by atoms with Gasteiger partial charge in [-0.3, -0.25) is 0 Å². The Morgan fingerprint density at radius 3 is 2.29 bits per heavy atom. The lowest BCUT2D eigenvalue weighted by Gasteiger charge is -2.23. The maximum atomic E-state index is 12.2. The largest absolute Gasteiger partial charge is 0.244 e. The van der Waals surface area contributed by atoms with Crippen molar-refractivity contribution < 1.29 is 8.42 Å². The Balaban J connectivity index is 3.17. The van der Waals surface area contributed by atoms with E-state index < -0.39 is 10.0 Å². The molecular weight excluding hydrogens is 260 g/mol. The molecule has 0 spiro atoms. The van der Waals surface area contributed by atoms with Crippen molar-refractivity contribution in [1.82, 2.24) is 4.31 Å². The molecule has 0 aromatic heterocycles. The molecule has 4 nitrogen and oxygen atoms in total. The van der Waals surface area contributed by atoms with Crippen molar-refractivity contribution in [2.45, 2.75) is 24.8 Å². The summed E-state index contributed by atoms with van der Waals surface area (Å²) in [6, 6.07) is 7.49. The van der Waals surface area contributed by atoms with E-state index in [9.17, 15) is 8.42 Å². The molecule has 0 radical (unpaired) electrons. The van der Waals surface area contributed by atoms with Crippen molar-refractivity contribution in [3.05, 3.63) is 29.3 Å². The van der Waals surface area contributed by atoms with E-state index >= 15 is 0 Å². The van der Waals surface area contributed by atoms with Gasteiger partial charge >= 0.3 is 0 Å². The van der Waals surface area contributed by atoms with Gasteiger partial charge in [0.1, 0.15) is 6.54 Å². The normalized spacial score (nSPS) is 11.8. The number of sulfonamides is 1. The second kappa shape index (κ2) is 5.50. The van der Waals surface area contributed by atoms with Gasteiger partial charge in [0.05, 0.1) is 11.0 Å². The average molecular weight is 273 g/mol. The van der Waals surface area contributed by atoms with Gasteiger partial charge in [-0.15, -0.1) is 0 Å². The molecule has 0 N–H and O–H groups in total. The summed E-state index contributed by atoms with van der Waals surface area (Å²) in [5.74, 6) is 0. The number of benzene rings is 1. The Morgan fingerprint density at radius 2 is 1.88 bits per heavy atom. The molecule has 0 unspecified atom stereocenters. The Morgan fingerprint density at radius 1 is 1.35 bits per heavy atom. The van der Waals surface area contributed by atoms with Crippen molar-refractivity contribution in [2.75, 3.05) is 6.54 Å². The highest BCUT2D eigenvalue weighted by atomic mass is 35.5. The van der Waals surface area contributed by atoms with Crippen LogP contribution < -0.4 is 0 Å². The van der Waals surface area contributed by atoms with Gasteiger partial charge < -0.3 is 0 Å². The van der Waals surface area contributed by atoms with Gasteiger partial charge in [0.25, 0.3) is 0 Å². The number of halogens is 1. The molecule has 1 rings (SSSR count). The number of rotatable bonds is 4. The fraction of sp³-hybridized carbons (Fsp3) is 0.364. The van der Waals surface area contributed by atoms with Crippen molar-refractivity contribution >= 4 is 21.6 Å². The van der Waals surface area contributed by atoms with E-state index in [1.165, 1.54) is 24.3 Å². The minimum atomic E-state index is -3.63. The summed E-state index contributed by atoms with van der Waals surface area (Å²) in [5.41, 5.74) is 0. The summed E-state index contributed by atoms with van der Waals surface area (Å²) in [6.45, 7) is 3.29. The molecule has 0 saturated heterocycles. The van der Waals surface area contributed by atoms with Crippen molar-refractivity contribution in [1.29, 1.82) is 5.26 Å². The molecule has 0 bridgehead atoms. The molecule has 0 atom stereocenters. The van der Waals surface area contributed by atoms with E-state index in [0.29, 0.717) is 5.02 Å². The molecule has 6 heteroatoms. The fourth-order valence-electron chi connectivity index (χ4n) is 1.36. The first-order valence-electron chi connectivity index (χ1n) is 5.04. The highest BCUT2D eigenvalue weighted by molar-refractivity contribution is 7.89. The lowest BCUT2D eigenvalue weighted by Crippen LogP contribution is -2.37. The van der Waals surface area contributed by atoms with Crippen LogP contribution in [0.25, 0.3) is 0 Å². The SMILES string of the molecule is CC(C)N(CC#N)S(=O)(=O)c1ccc(Cl)cc1. The van der Waals surface area contributed by atoms with Crippen LogP contribution in [0.3, 0.4) is 0 Å². The number of hydrogen-bond acceptors (Lipinski definition) is 3. The number of nitrogens with zero attached hydrogens (tertiary/aromatic N) is 2. The average Bonchev–Trinajstić information content (AvgIpc) is 2.25. The zero-order chi connectivity index (χ0) is 13.1. The second-order valence-electron chi connectivity index (χ2n) is 3.76. The first-order valence-corrected chi connectivity index (χ1v) is 6.85. The molecule has 0 aliphatic rings. The standard InChI is InChI=1S/C11H13ClN2O2S/c1-9(2)14(8-7-13)17(15,16)11-5-3-10(12)4-6-11/h3-6,9H,8H2,1-2H3. The van der Waals surface area contributed by atoms with Crippen LogP contribution in [0.5, 0.6) is 0 Å². The molecule has 0 aliphatic carbocycles. The van der Waals surface area contributed by atoms with Crippen molar-refractivity contribution in [3.63, 3.8) is 0 Å². The maximum absolute atomic E-state index is 12.2. The van der Waals surface area contributed by atoms with Crippen LogP contribution in [0.15, 0.2) is 29.2 Å². The predicted molar refractivity (Wildman–Crippen MR) is 66.1 cm³/mol. The molecule has 0 saturated carbocycles. The van der Waals surface area contributed by atoms with Crippen LogP contribution in [0, 0.1) is 11.3 Å². The van der Waals surface area contributed by atoms with E-state index in [2.05, 4.69) is 0 Å². The summed E-state index contributed by atoms with van der Waals surface area (Å²) in [6.07, 6.45) is 0. The van der Waals surface area contributed by atoms with Crippen LogP contribution in [0.1, 0.15) is 13.8 Å². The molecule has 92 valence electrons. The summed E-state index contributed by atoms with van der Waals surface area (Å²) in [5, 5.41) is 9.14. The van der Waals surface area contributed by atoms with E-state index in [0.717, 1.165) is 4.31 Å². The highest BCUT2D eigenvalue weighted by Crippen LogP contribution is 2.19. The summed E-state index contributed by atoms with van der Waals surface area (Å²) >= 11 is 5.70. The first-order chi connectivity index (χ1) is 7.89. The van der Waals surface area contributed by atoms with E-state index in [1.54, 1.807) is 13.8 Å². The third-order valence-electron chi connectivity index (χ3n) is 2.22. The quantitative estimate of drug-likeness (QED) is 0.790. The smallest absolute Gasteiger partial charge is 0.207 e. The third-order valence-corrected chi connectivity index (χ3v) is 4.51.